The molecule has 0 aliphatic carbocycles. The van der Waals surface area contributed by atoms with Crippen molar-refractivity contribution in [3.05, 3.63) is 116 Å². The van der Waals surface area contributed by atoms with Crippen molar-refractivity contribution in [1.29, 1.82) is 0 Å². The summed E-state index contributed by atoms with van der Waals surface area (Å²) in [6, 6.07) is 5.58. The fraction of sp³-hybridized carbons (Fsp3) is 0.286. The van der Waals surface area contributed by atoms with Crippen LogP contribution in [0.1, 0.15) is 46.3 Å². The van der Waals surface area contributed by atoms with Gasteiger partial charge in [-0.15, -0.1) is 0 Å². The first-order valence-corrected chi connectivity index (χ1v) is 15.4. The topological polar surface area (TPSA) is 101 Å². The van der Waals surface area contributed by atoms with Gasteiger partial charge in [-0.3, -0.25) is 23.9 Å². The zero-order chi connectivity index (χ0) is 36.1. The van der Waals surface area contributed by atoms with Crippen molar-refractivity contribution in [2.24, 2.45) is 0 Å². The van der Waals surface area contributed by atoms with Gasteiger partial charge in [-0.25, -0.2) is 17.6 Å². The van der Waals surface area contributed by atoms with Crippen LogP contribution in [0.2, 0.25) is 0 Å². The van der Waals surface area contributed by atoms with E-state index in [2.05, 4.69) is 5.32 Å². The highest BCUT2D eigenvalue weighted by molar-refractivity contribution is 5.85. The molecule has 2 aliphatic rings. The number of hydrogen-bond donors (Lipinski definition) is 2. The highest BCUT2D eigenvalue weighted by Crippen LogP contribution is 2.39. The molecule has 1 aromatic heterocycles. The first-order chi connectivity index (χ1) is 23.6. The van der Waals surface area contributed by atoms with Crippen molar-refractivity contribution in [2.75, 3.05) is 19.6 Å². The molecule has 15 heteroatoms. The third-order valence-corrected chi connectivity index (χ3v) is 8.70. The van der Waals surface area contributed by atoms with E-state index in [0.29, 0.717) is 4.57 Å². The molecule has 262 valence electrons. The lowest BCUT2D eigenvalue weighted by atomic mass is 9.93. The van der Waals surface area contributed by atoms with Gasteiger partial charge < -0.3 is 15.2 Å². The number of carboxylic acids is 1. The number of rotatable bonds is 6. The molecule has 2 N–H and O–H groups in total. The Morgan fingerprint density at radius 2 is 1.74 bits per heavy atom. The number of ether oxygens (including phenoxy) is 1. The number of amides is 1. The minimum atomic E-state index is -5.00. The van der Waals surface area contributed by atoms with Gasteiger partial charge >= 0.3 is 12.1 Å². The van der Waals surface area contributed by atoms with Gasteiger partial charge in [-0.2, -0.15) is 13.2 Å². The zero-order valence-corrected chi connectivity index (χ0v) is 26.2. The van der Waals surface area contributed by atoms with Crippen molar-refractivity contribution < 1.29 is 50.2 Å². The summed E-state index contributed by atoms with van der Waals surface area (Å²) in [5.74, 6) is -5.58. The largest absolute Gasteiger partial charge is 0.481 e. The molecule has 6 rings (SSSR count). The normalized spacial score (nSPS) is 18.1. The Bertz CT molecular complexity index is 2060. The molecule has 0 radical (unpaired) electrons. The number of aromatic nitrogens is 1. The highest BCUT2D eigenvalue weighted by Gasteiger charge is 2.38. The second-order valence-electron chi connectivity index (χ2n) is 12.2. The molecule has 1 saturated heterocycles. The Labute approximate surface area is 279 Å². The van der Waals surface area contributed by atoms with E-state index in [1.165, 1.54) is 31.2 Å². The molecule has 2 atom stereocenters. The van der Waals surface area contributed by atoms with Crippen molar-refractivity contribution in [1.82, 2.24) is 14.8 Å². The predicted molar refractivity (Wildman–Crippen MR) is 165 cm³/mol. The zero-order valence-electron chi connectivity index (χ0n) is 26.2. The van der Waals surface area contributed by atoms with Gasteiger partial charge in [0.15, 0.2) is 0 Å². The molecule has 3 aromatic carbocycles. The van der Waals surface area contributed by atoms with E-state index in [-0.39, 0.29) is 65.9 Å². The van der Waals surface area contributed by atoms with E-state index < -0.39 is 82.4 Å². The van der Waals surface area contributed by atoms with Gasteiger partial charge in [-0.05, 0) is 78.6 Å². The Hall–Kier alpha value is -5.18. The number of hydrogen-bond acceptors (Lipinski definition) is 5. The fourth-order valence-corrected chi connectivity index (χ4v) is 6.25. The van der Waals surface area contributed by atoms with Crippen LogP contribution in [-0.4, -0.2) is 52.3 Å². The number of halogens is 7. The molecule has 0 spiro atoms. The number of alkyl halides is 4. The molecular formula is C35H28F7N3O5. The average molecular weight is 704 g/mol. The van der Waals surface area contributed by atoms with Crippen LogP contribution in [-0.2, 0) is 22.2 Å². The van der Waals surface area contributed by atoms with Crippen LogP contribution in [0.3, 0.4) is 0 Å². The van der Waals surface area contributed by atoms with Gasteiger partial charge in [0, 0.05) is 48.6 Å². The summed E-state index contributed by atoms with van der Waals surface area (Å²) < 4.78 is 108. The summed E-state index contributed by atoms with van der Waals surface area (Å²) in [5.41, 5.74) is -3.75. The van der Waals surface area contributed by atoms with Gasteiger partial charge in [0.1, 0.15) is 41.2 Å². The minimum Gasteiger partial charge on any atom is -0.481 e. The maximum atomic E-state index is 15.8. The molecule has 0 unspecified atom stereocenters. The van der Waals surface area contributed by atoms with Crippen LogP contribution in [0.25, 0.3) is 11.1 Å². The van der Waals surface area contributed by atoms with Gasteiger partial charge in [-0.1, -0.05) is 0 Å². The number of carbonyl (C=O) groups excluding carboxylic acids is 1. The summed E-state index contributed by atoms with van der Waals surface area (Å²) in [7, 11) is 0. The number of nitrogens with zero attached hydrogens (tertiary/aromatic N) is 2. The lowest BCUT2D eigenvalue weighted by Gasteiger charge is -2.34. The number of carboxylic acid groups (broad SMARTS) is 1. The smallest absolute Gasteiger partial charge is 0.416 e. The number of carbonyl (C=O) groups is 2. The number of nitrogens with one attached hydrogen (secondary N) is 1. The first-order valence-electron chi connectivity index (χ1n) is 15.4. The lowest BCUT2D eigenvalue weighted by Crippen LogP contribution is -2.49. The van der Waals surface area contributed by atoms with Crippen molar-refractivity contribution in [2.45, 2.75) is 44.2 Å². The van der Waals surface area contributed by atoms with E-state index in [1.807, 2.05) is 0 Å². The molecule has 2 aliphatic heterocycles. The lowest BCUT2D eigenvalue weighted by molar-refractivity contribution is -0.139. The quantitative estimate of drug-likeness (QED) is 0.223. The van der Waals surface area contributed by atoms with Crippen LogP contribution in [0.4, 0.5) is 30.7 Å². The van der Waals surface area contributed by atoms with Crippen LogP contribution < -0.4 is 15.6 Å². The summed E-state index contributed by atoms with van der Waals surface area (Å²) in [5, 5.41) is 12.1. The number of aryl methyl sites for hydroxylation is 1. The van der Waals surface area contributed by atoms with Crippen molar-refractivity contribution in [3.8, 4) is 22.6 Å². The Morgan fingerprint density at radius 1 is 1.00 bits per heavy atom. The second kappa shape index (κ2) is 13.3. The molecule has 1 amide bonds. The summed E-state index contributed by atoms with van der Waals surface area (Å²) >= 11 is 0. The van der Waals surface area contributed by atoms with E-state index >= 15 is 8.78 Å². The van der Waals surface area contributed by atoms with Crippen LogP contribution in [0.15, 0.2) is 65.6 Å². The molecule has 1 fully saturated rings. The number of likely N-dealkylation sites (tertiary alicyclic amines) is 1. The van der Waals surface area contributed by atoms with Crippen LogP contribution >= 0.6 is 0 Å². The summed E-state index contributed by atoms with van der Waals surface area (Å²) in [4.78, 5) is 41.2. The van der Waals surface area contributed by atoms with E-state index in [9.17, 15) is 41.4 Å². The summed E-state index contributed by atoms with van der Waals surface area (Å²) in [6.07, 6.45) is -6.61. The van der Waals surface area contributed by atoms with E-state index in [0.717, 1.165) is 30.5 Å². The third kappa shape index (κ3) is 6.95. The Balaban J connectivity index is 1.57. The molecular weight excluding hydrogens is 675 g/mol. The number of pyridine rings is 1. The van der Waals surface area contributed by atoms with E-state index in [4.69, 9.17) is 4.74 Å². The van der Waals surface area contributed by atoms with Crippen LogP contribution in [0.5, 0.6) is 11.5 Å². The van der Waals surface area contributed by atoms with Gasteiger partial charge in [0.25, 0.3) is 5.56 Å². The summed E-state index contributed by atoms with van der Waals surface area (Å²) in [6.45, 7) is 1.34. The standard InChI is InChI=1S/C35H28F7N3O5/c1-17-8-19-9-25(32(17)39)28(13-31(47)48)43-34(49)33(24-11-22(3-4-27(24)38)50-29-5-2-20(36)10-23(19)29)45-14-18(6-7-44-15-21(37)16-44)26(12-30(45)46)35(40,41)42/h2-5,8-12,14,21,28,33H,6-7,13,15-16H2,1H3,(H,43,49)(H,47,48)/t28-,33-/m0/s1. The molecule has 8 nitrogen and oxygen atoms in total. The van der Waals surface area contributed by atoms with Crippen molar-refractivity contribution in [3.63, 3.8) is 0 Å². The SMILES string of the molecule is Cc1cc2cc(c1F)[C@H](CC(=O)O)NC(=O)[C@@H](n1cc(CCN3CC(F)C3)c(C(F)(F)F)cc1=O)c1cc(ccc1F)Oc1ccc(F)cc1-2. The predicted octanol–water partition coefficient (Wildman–Crippen LogP) is 6.48. The van der Waals surface area contributed by atoms with Crippen LogP contribution in [0, 0.1) is 24.4 Å². The Morgan fingerprint density at radius 3 is 2.42 bits per heavy atom. The maximum Gasteiger partial charge on any atom is 0.416 e. The minimum absolute atomic E-state index is 0.00118. The molecule has 3 heterocycles. The maximum absolute atomic E-state index is 15.8. The van der Waals surface area contributed by atoms with E-state index in [1.54, 1.807) is 4.90 Å². The molecule has 4 bridgehead atoms. The van der Waals surface area contributed by atoms with Gasteiger partial charge in [0.2, 0.25) is 5.91 Å². The van der Waals surface area contributed by atoms with Crippen molar-refractivity contribution >= 4 is 11.9 Å². The number of benzene rings is 3. The molecule has 0 saturated carbocycles. The molecule has 50 heavy (non-hydrogen) atoms. The molecule has 4 aromatic rings. The average Bonchev–Trinajstić information content (AvgIpc) is 3.02. The second-order valence-corrected chi connectivity index (χ2v) is 12.2. The third-order valence-electron chi connectivity index (χ3n) is 8.70. The monoisotopic (exact) mass is 703 g/mol. The Kier molecular flexibility index (Phi) is 9.20. The highest BCUT2D eigenvalue weighted by atomic mass is 19.4. The fourth-order valence-electron chi connectivity index (χ4n) is 6.25. The van der Waals surface area contributed by atoms with Gasteiger partial charge in [0.05, 0.1) is 18.0 Å². The first kappa shape index (κ1) is 34.7. The number of aliphatic carboxylic acids is 1. The number of fused-ring (bicyclic) bond motifs is 6.